The minimum atomic E-state index is 0.803. The molecule has 3 nitrogen and oxygen atoms in total. The van der Waals surface area contributed by atoms with Crippen molar-refractivity contribution in [2.45, 2.75) is 19.3 Å². The summed E-state index contributed by atoms with van der Waals surface area (Å²) < 4.78 is 5.40. The van der Waals surface area contributed by atoms with E-state index in [1.165, 1.54) is 32.5 Å². The van der Waals surface area contributed by atoms with E-state index in [9.17, 15) is 0 Å². The molecule has 88 valence electrons. The number of hydrogen-bond donors (Lipinski definition) is 1. The smallest absolute Gasteiger partial charge is 0.0591 e. The first kappa shape index (κ1) is 12.7. The maximum atomic E-state index is 5.40. The van der Waals surface area contributed by atoms with Crippen molar-refractivity contribution in [3.05, 3.63) is 12.7 Å². The molecule has 0 saturated carbocycles. The van der Waals surface area contributed by atoms with E-state index in [1.54, 1.807) is 0 Å². The van der Waals surface area contributed by atoms with Gasteiger partial charge in [0.05, 0.1) is 13.2 Å². The lowest BCUT2D eigenvalue weighted by Crippen LogP contribution is -2.31. The Morgan fingerprint density at radius 1 is 1.20 bits per heavy atom. The van der Waals surface area contributed by atoms with Gasteiger partial charge in [-0.2, -0.15) is 0 Å². The van der Waals surface area contributed by atoms with Crippen molar-refractivity contribution >= 4 is 0 Å². The highest BCUT2D eigenvalue weighted by Gasteiger charge is 2.09. The summed E-state index contributed by atoms with van der Waals surface area (Å²) in [6, 6.07) is 0. The molecule has 0 amide bonds. The van der Waals surface area contributed by atoms with Gasteiger partial charge in [0.1, 0.15) is 0 Å². The molecule has 0 bridgehead atoms. The van der Waals surface area contributed by atoms with Crippen molar-refractivity contribution < 1.29 is 4.74 Å². The van der Waals surface area contributed by atoms with E-state index in [1.807, 2.05) is 6.08 Å². The van der Waals surface area contributed by atoms with E-state index in [0.29, 0.717) is 0 Å². The Labute approximate surface area is 93.5 Å². The first-order valence-electron chi connectivity index (χ1n) is 6.05. The van der Waals surface area contributed by atoms with Gasteiger partial charge < -0.3 is 15.0 Å². The first-order valence-corrected chi connectivity index (χ1v) is 6.05. The second-order valence-electron chi connectivity index (χ2n) is 3.99. The Morgan fingerprint density at radius 3 is 2.73 bits per heavy atom. The van der Waals surface area contributed by atoms with Gasteiger partial charge in [0, 0.05) is 19.6 Å². The fraction of sp³-hybridized carbons (Fsp3) is 0.833. The van der Waals surface area contributed by atoms with Gasteiger partial charge in [-0.05, 0) is 32.4 Å². The Morgan fingerprint density at radius 2 is 2.00 bits per heavy atom. The molecule has 1 heterocycles. The van der Waals surface area contributed by atoms with Crippen LogP contribution in [0.4, 0.5) is 0 Å². The van der Waals surface area contributed by atoms with Crippen molar-refractivity contribution in [2.24, 2.45) is 0 Å². The molecule has 0 atom stereocenters. The second-order valence-corrected chi connectivity index (χ2v) is 3.99. The van der Waals surface area contributed by atoms with Gasteiger partial charge in [0.25, 0.3) is 0 Å². The van der Waals surface area contributed by atoms with Crippen LogP contribution in [0.3, 0.4) is 0 Å². The maximum absolute atomic E-state index is 5.40. The fourth-order valence-corrected chi connectivity index (χ4v) is 1.78. The van der Waals surface area contributed by atoms with E-state index in [-0.39, 0.29) is 0 Å². The molecule has 1 fully saturated rings. The van der Waals surface area contributed by atoms with Crippen LogP contribution < -0.4 is 5.32 Å². The van der Waals surface area contributed by atoms with Crippen LogP contribution in [0.25, 0.3) is 0 Å². The molecular formula is C12H24N2O. The molecule has 0 aromatic rings. The minimum absolute atomic E-state index is 0.803. The predicted molar refractivity (Wildman–Crippen MR) is 64.2 cm³/mol. The molecule has 0 aromatic carbocycles. The van der Waals surface area contributed by atoms with Crippen LogP contribution in [0.15, 0.2) is 12.7 Å². The minimum Gasteiger partial charge on any atom is -0.380 e. The van der Waals surface area contributed by atoms with Gasteiger partial charge in [-0.1, -0.05) is 6.08 Å². The van der Waals surface area contributed by atoms with Gasteiger partial charge in [-0.25, -0.2) is 0 Å². The van der Waals surface area contributed by atoms with Crippen molar-refractivity contribution in [2.75, 3.05) is 45.9 Å². The van der Waals surface area contributed by atoms with E-state index in [2.05, 4.69) is 16.8 Å². The van der Waals surface area contributed by atoms with Crippen molar-refractivity contribution in [3.8, 4) is 0 Å². The van der Waals surface area contributed by atoms with Crippen molar-refractivity contribution in [1.29, 1.82) is 0 Å². The number of nitrogens with one attached hydrogen (secondary N) is 1. The summed E-state index contributed by atoms with van der Waals surface area (Å²) in [6.45, 7) is 11.1. The number of rotatable bonds is 9. The van der Waals surface area contributed by atoms with E-state index in [4.69, 9.17) is 4.74 Å². The van der Waals surface area contributed by atoms with Gasteiger partial charge in [0.15, 0.2) is 0 Å². The molecular weight excluding hydrogens is 188 g/mol. The van der Waals surface area contributed by atoms with Crippen LogP contribution in [0.5, 0.6) is 0 Å². The Hall–Kier alpha value is -0.380. The summed E-state index contributed by atoms with van der Waals surface area (Å²) in [5.74, 6) is 0. The van der Waals surface area contributed by atoms with Gasteiger partial charge in [-0.15, -0.1) is 6.58 Å². The summed E-state index contributed by atoms with van der Waals surface area (Å²) in [4.78, 5) is 2.52. The van der Waals surface area contributed by atoms with E-state index >= 15 is 0 Å². The summed E-state index contributed by atoms with van der Waals surface area (Å²) in [5.41, 5.74) is 0. The summed E-state index contributed by atoms with van der Waals surface area (Å²) in [5, 5.41) is 3.40. The lowest BCUT2D eigenvalue weighted by Gasteiger charge is -2.14. The molecule has 1 aliphatic rings. The molecule has 1 rings (SSSR count). The Bertz CT molecular complexity index is 156. The number of hydrogen-bond acceptors (Lipinski definition) is 3. The lowest BCUT2D eigenvalue weighted by molar-refractivity contribution is 0.140. The third kappa shape index (κ3) is 6.66. The third-order valence-electron chi connectivity index (χ3n) is 2.69. The second kappa shape index (κ2) is 8.89. The standard InChI is InChI=1S/C12H24N2O/c1-2-3-11-15-12-7-13-6-10-14-8-4-5-9-14/h2,13H,1,3-12H2. The zero-order valence-electron chi connectivity index (χ0n) is 9.71. The predicted octanol–water partition coefficient (Wildman–Crippen LogP) is 1.26. The normalized spacial score (nSPS) is 17.1. The van der Waals surface area contributed by atoms with Crippen LogP contribution in [0, 0.1) is 0 Å². The zero-order valence-corrected chi connectivity index (χ0v) is 9.71. The molecule has 3 heteroatoms. The molecule has 0 aromatic heterocycles. The van der Waals surface area contributed by atoms with Crippen LogP contribution in [-0.2, 0) is 4.74 Å². The molecule has 0 unspecified atom stereocenters. The largest absolute Gasteiger partial charge is 0.380 e. The quantitative estimate of drug-likeness (QED) is 0.460. The number of likely N-dealkylation sites (tertiary alicyclic amines) is 1. The van der Waals surface area contributed by atoms with Gasteiger partial charge in [-0.3, -0.25) is 0 Å². The first-order chi connectivity index (χ1) is 7.43. The number of ether oxygens (including phenoxy) is 1. The van der Waals surface area contributed by atoms with Crippen LogP contribution in [0.1, 0.15) is 19.3 Å². The molecule has 1 saturated heterocycles. The highest BCUT2D eigenvalue weighted by Crippen LogP contribution is 2.05. The third-order valence-corrected chi connectivity index (χ3v) is 2.69. The average molecular weight is 212 g/mol. The highest BCUT2D eigenvalue weighted by molar-refractivity contribution is 4.67. The highest BCUT2D eigenvalue weighted by atomic mass is 16.5. The van der Waals surface area contributed by atoms with Crippen LogP contribution >= 0.6 is 0 Å². The molecule has 0 spiro atoms. The van der Waals surface area contributed by atoms with E-state index < -0.39 is 0 Å². The van der Waals surface area contributed by atoms with Crippen LogP contribution in [0.2, 0.25) is 0 Å². The molecule has 0 radical (unpaired) electrons. The zero-order chi connectivity index (χ0) is 10.8. The van der Waals surface area contributed by atoms with Crippen molar-refractivity contribution in [1.82, 2.24) is 10.2 Å². The molecule has 0 aliphatic carbocycles. The van der Waals surface area contributed by atoms with Crippen molar-refractivity contribution in [3.63, 3.8) is 0 Å². The summed E-state index contributed by atoms with van der Waals surface area (Å²) in [6.07, 6.45) is 5.60. The average Bonchev–Trinajstić information content (AvgIpc) is 2.75. The number of nitrogens with zero attached hydrogens (tertiary/aromatic N) is 1. The lowest BCUT2D eigenvalue weighted by atomic mass is 10.4. The summed E-state index contributed by atoms with van der Waals surface area (Å²) in [7, 11) is 0. The fourth-order valence-electron chi connectivity index (χ4n) is 1.78. The topological polar surface area (TPSA) is 24.5 Å². The monoisotopic (exact) mass is 212 g/mol. The Balaban J connectivity index is 1.74. The van der Waals surface area contributed by atoms with Gasteiger partial charge in [0.2, 0.25) is 0 Å². The Kier molecular flexibility index (Phi) is 7.52. The molecule has 1 aliphatic heterocycles. The molecule has 15 heavy (non-hydrogen) atoms. The van der Waals surface area contributed by atoms with E-state index in [0.717, 1.165) is 32.7 Å². The van der Waals surface area contributed by atoms with Gasteiger partial charge >= 0.3 is 0 Å². The molecule has 1 N–H and O–H groups in total. The maximum Gasteiger partial charge on any atom is 0.0591 e. The summed E-state index contributed by atoms with van der Waals surface area (Å²) >= 11 is 0. The van der Waals surface area contributed by atoms with Crippen LogP contribution in [-0.4, -0.2) is 50.8 Å². The SMILES string of the molecule is C=CCCOCCNCCN1CCCC1.